The zero-order chi connectivity index (χ0) is 23.3. The van der Waals surface area contributed by atoms with Crippen molar-refractivity contribution in [1.82, 2.24) is 5.32 Å². The first-order valence-electron chi connectivity index (χ1n) is 9.55. The van der Waals surface area contributed by atoms with Crippen molar-refractivity contribution in [2.24, 2.45) is 5.92 Å². The molecule has 0 aliphatic rings. The number of esters is 1. The summed E-state index contributed by atoms with van der Waals surface area (Å²) < 4.78 is 65.9. The Bertz CT molecular complexity index is 915. The van der Waals surface area contributed by atoms with Crippen LogP contribution in [0.2, 0.25) is 0 Å². The van der Waals surface area contributed by atoms with Crippen molar-refractivity contribution in [3.8, 4) is 22.6 Å². The molecule has 2 rings (SSSR count). The monoisotopic (exact) mass is 443 g/mol. The number of rotatable bonds is 8. The third-order valence-corrected chi connectivity index (χ3v) is 4.71. The first-order valence-corrected chi connectivity index (χ1v) is 9.55. The third-order valence-electron chi connectivity index (χ3n) is 4.71. The van der Waals surface area contributed by atoms with Crippen LogP contribution < -0.4 is 10.1 Å². The molecule has 0 heterocycles. The molecule has 0 aliphatic heterocycles. The van der Waals surface area contributed by atoms with Crippen molar-refractivity contribution in [2.75, 3.05) is 14.2 Å². The lowest BCUT2D eigenvalue weighted by molar-refractivity contribution is -0.164. The highest BCUT2D eigenvalue weighted by Crippen LogP contribution is 2.38. The highest BCUT2D eigenvalue weighted by Gasteiger charge is 2.43. The lowest BCUT2D eigenvalue weighted by atomic mass is 9.97. The molecule has 170 valence electrons. The summed E-state index contributed by atoms with van der Waals surface area (Å²) in [5, 5.41) is 12.3. The second-order valence-corrected chi connectivity index (χ2v) is 7.47. The molecule has 0 aromatic heterocycles. The molecule has 0 aliphatic carbocycles. The molecule has 0 saturated heterocycles. The topological polar surface area (TPSA) is 67.8 Å². The Morgan fingerprint density at radius 2 is 1.77 bits per heavy atom. The van der Waals surface area contributed by atoms with E-state index in [1.54, 1.807) is 13.8 Å². The van der Waals surface area contributed by atoms with E-state index in [0.29, 0.717) is 5.75 Å². The molecule has 0 amide bonds. The second kappa shape index (κ2) is 10.00. The summed E-state index contributed by atoms with van der Waals surface area (Å²) in [5.41, 5.74) is -0.422. The van der Waals surface area contributed by atoms with Gasteiger partial charge in [-0.3, -0.25) is 10.1 Å². The molecular weight excluding hydrogens is 418 g/mol. The number of benzene rings is 2. The van der Waals surface area contributed by atoms with E-state index in [-0.39, 0.29) is 29.2 Å². The minimum absolute atomic E-state index is 0.0761. The van der Waals surface area contributed by atoms with Gasteiger partial charge in [0.2, 0.25) is 0 Å². The summed E-state index contributed by atoms with van der Waals surface area (Å²) in [6.45, 7) is 3.52. The van der Waals surface area contributed by atoms with Crippen molar-refractivity contribution in [3.63, 3.8) is 0 Å². The second-order valence-electron chi connectivity index (χ2n) is 7.47. The molecule has 1 unspecified atom stereocenters. The molecule has 0 spiro atoms. The molecule has 9 heteroatoms. The van der Waals surface area contributed by atoms with E-state index >= 15 is 0 Å². The van der Waals surface area contributed by atoms with Crippen molar-refractivity contribution >= 4 is 5.97 Å². The molecule has 2 N–H and O–H groups in total. The van der Waals surface area contributed by atoms with E-state index in [4.69, 9.17) is 4.74 Å². The summed E-state index contributed by atoms with van der Waals surface area (Å²) in [7, 11) is 2.49. The summed E-state index contributed by atoms with van der Waals surface area (Å²) in [6, 6.07) is 3.62. The van der Waals surface area contributed by atoms with E-state index in [1.807, 2.05) is 0 Å². The minimum Gasteiger partial charge on any atom is -0.507 e. The average Bonchev–Trinajstić information content (AvgIpc) is 2.69. The van der Waals surface area contributed by atoms with E-state index < -0.39 is 35.6 Å². The van der Waals surface area contributed by atoms with Crippen LogP contribution in [0.3, 0.4) is 0 Å². The maximum atomic E-state index is 14.8. The van der Waals surface area contributed by atoms with Gasteiger partial charge in [0, 0.05) is 11.1 Å². The first-order chi connectivity index (χ1) is 14.5. The molecule has 0 bridgehead atoms. The van der Waals surface area contributed by atoms with Crippen LogP contribution in [0, 0.1) is 11.7 Å². The molecule has 0 saturated carbocycles. The van der Waals surface area contributed by atoms with E-state index in [0.717, 1.165) is 25.3 Å². The van der Waals surface area contributed by atoms with Crippen molar-refractivity contribution in [2.45, 2.75) is 38.5 Å². The van der Waals surface area contributed by atoms with Gasteiger partial charge in [-0.15, -0.1) is 0 Å². The van der Waals surface area contributed by atoms with E-state index in [2.05, 4.69) is 10.1 Å². The lowest BCUT2D eigenvalue weighted by Gasteiger charge is -2.27. The van der Waals surface area contributed by atoms with Gasteiger partial charge in [-0.25, -0.2) is 4.39 Å². The number of alkyl halides is 3. The quantitative estimate of drug-likeness (QED) is 0.445. The van der Waals surface area contributed by atoms with Gasteiger partial charge in [-0.1, -0.05) is 26.0 Å². The van der Waals surface area contributed by atoms with Crippen LogP contribution in [0.25, 0.3) is 11.1 Å². The Balaban J connectivity index is 2.45. The number of carbonyl (C=O) groups is 1. The van der Waals surface area contributed by atoms with Crippen LogP contribution in [0.1, 0.15) is 31.9 Å². The number of phenols is 1. The van der Waals surface area contributed by atoms with Crippen LogP contribution in [0.4, 0.5) is 17.6 Å². The Hall–Kier alpha value is -2.81. The van der Waals surface area contributed by atoms with Crippen LogP contribution >= 0.6 is 0 Å². The normalized spacial score (nSPS) is 13.7. The van der Waals surface area contributed by atoms with Crippen molar-refractivity contribution in [1.29, 1.82) is 0 Å². The van der Waals surface area contributed by atoms with Crippen LogP contribution in [-0.4, -0.2) is 37.5 Å². The van der Waals surface area contributed by atoms with Crippen LogP contribution in [-0.2, 0) is 9.53 Å². The van der Waals surface area contributed by atoms with Gasteiger partial charge in [0.15, 0.2) is 0 Å². The van der Waals surface area contributed by atoms with Crippen LogP contribution in [0.5, 0.6) is 11.5 Å². The number of ether oxygens (including phenoxy) is 2. The Labute approximate surface area is 178 Å². The fourth-order valence-corrected chi connectivity index (χ4v) is 3.21. The van der Waals surface area contributed by atoms with Crippen LogP contribution in [0.15, 0.2) is 36.4 Å². The highest BCUT2D eigenvalue weighted by molar-refractivity contribution is 5.76. The molecule has 5 nitrogen and oxygen atoms in total. The third kappa shape index (κ3) is 6.10. The van der Waals surface area contributed by atoms with E-state index in [9.17, 15) is 27.5 Å². The SMILES string of the molecule is COC(=O)[C@H](CC(C)C)NC(c1ccc(-c2cc(OC)ccc2O)c(F)c1)C(F)(F)F. The summed E-state index contributed by atoms with van der Waals surface area (Å²) in [6.07, 6.45) is -4.69. The minimum atomic E-state index is -4.80. The lowest BCUT2D eigenvalue weighted by Crippen LogP contribution is -2.45. The molecular formula is C22H25F4NO4. The molecule has 0 fully saturated rings. The Morgan fingerprint density at radius 1 is 1.10 bits per heavy atom. The predicted molar refractivity (Wildman–Crippen MR) is 107 cm³/mol. The van der Waals surface area contributed by atoms with Gasteiger partial charge < -0.3 is 14.6 Å². The number of aromatic hydroxyl groups is 1. The Morgan fingerprint density at radius 3 is 2.29 bits per heavy atom. The van der Waals surface area contributed by atoms with E-state index in [1.165, 1.54) is 25.3 Å². The largest absolute Gasteiger partial charge is 0.507 e. The molecule has 0 radical (unpaired) electrons. The Kier molecular flexibility index (Phi) is 7.89. The number of hydrogen-bond donors (Lipinski definition) is 2. The molecule has 2 aromatic carbocycles. The number of hydrogen-bond acceptors (Lipinski definition) is 5. The number of methoxy groups -OCH3 is 2. The summed E-state index contributed by atoms with van der Waals surface area (Å²) in [4.78, 5) is 12.0. The first kappa shape index (κ1) is 24.5. The van der Waals surface area contributed by atoms with Crippen molar-refractivity contribution in [3.05, 3.63) is 47.8 Å². The van der Waals surface area contributed by atoms with Gasteiger partial charge >= 0.3 is 12.1 Å². The number of phenolic OH excluding ortho intramolecular Hbond substituents is 1. The maximum absolute atomic E-state index is 14.8. The predicted octanol–water partition coefficient (Wildman–Crippen LogP) is 4.99. The zero-order valence-electron chi connectivity index (χ0n) is 17.6. The fourth-order valence-electron chi connectivity index (χ4n) is 3.21. The van der Waals surface area contributed by atoms with Gasteiger partial charge in [-0.2, -0.15) is 13.2 Å². The maximum Gasteiger partial charge on any atom is 0.407 e. The van der Waals surface area contributed by atoms with Gasteiger partial charge in [0.05, 0.1) is 14.2 Å². The highest BCUT2D eigenvalue weighted by atomic mass is 19.4. The van der Waals surface area contributed by atoms with Gasteiger partial charge in [-0.05, 0) is 42.2 Å². The number of nitrogens with one attached hydrogen (secondary N) is 1. The fraction of sp³-hybridized carbons (Fsp3) is 0.409. The molecule has 2 aromatic rings. The summed E-state index contributed by atoms with van der Waals surface area (Å²) >= 11 is 0. The molecule has 2 atom stereocenters. The van der Waals surface area contributed by atoms with Gasteiger partial charge in [0.1, 0.15) is 29.4 Å². The standard InChI is InChI=1S/C22H25F4NO4/c1-12(2)9-18(21(29)31-4)27-20(22(24,25)26)13-5-7-15(17(23)10-13)16-11-14(30-3)6-8-19(16)28/h5-8,10-12,18,20,27-28H,9H2,1-4H3/t18-,20?/m0/s1. The van der Waals surface area contributed by atoms with Gasteiger partial charge in [0.25, 0.3) is 0 Å². The smallest absolute Gasteiger partial charge is 0.407 e. The van der Waals surface area contributed by atoms with Crippen molar-refractivity contribution < 1.29 is 36.9 Å². The molecule has 31 heavy (non-hydrogen) atoms. The average molecular weight is 443 g/mol. The summed E-state index contributed by atoms with van der Waals surface area (Å²) in [5.74, 6) is -1.78. The number of carbonyl (C=O) groups excluding carboxylic acids is 1. The number of halogens is 4. The zero-order valence-corrected chi connectivity index (χ0v) is 17.6.